The minimum atomic E-state index is -1.05. The summed E-state index contributed by atoms with van der Waals surface area (Å²) in [7, 11) is 0. The number of nitrogens with two attached hydrogens (primary N) is 1. The molecule has 2 aromatic carbocycles. The average molecular weight is 284 g/mol. The molecule has 2 aromatic rings. The topological polar surface area (TPSA) is 59.0 Å². The van der Waals surface area contributed by atoms with Gasteiger partial charge in [-0.05, 0) is 24.6 Å². The largest absolute Gasteiger partial charge is 0.451 e. The van der Waals surface area contributed by atoms with E-state index in [4.69, 9.17) is 22.2 Å². The summed E-state index contributed by atoms with van der Waals surface area (Å²) >= 11 is 0. The van der Waals surface area contributed by atoms with Crippen molar-refractivity contribution < 1.29 is 13.5 Å². The first kappa shape index (κ1) is 14.4. The second-order valence-electron chi connectivity index (χ2n) is 4.30. The lowest BCUT2D eigenvalue weighted by Crippen LogP contribution is -2.01. The monoisotopic (exact) mass is 284 g/mol. The second-order valence-corrected chi connectivity index (χ2v) is 4.30. The third-order valence-corrected chi connectivity index (χ3v) is 2.90. The van der Waals surface area contributed by atoms with Crippen molar-refractivity contribution in [3.8, 4) is 29.9 Å². The van der Waals surface area contributed by atoms with E-state index >= 15 is 0 Å². The van der Waals surface area contributed by atoms with Gasteiger partial charge in [-0.15, -0.1) is 6.42 Å². The van der Waals surface area contributed by atoms with Crippen molar-refractivity contribution in [1.82, 2.24) is 0 Å². The molecule has 0 radical (unpaired) electrons. The Morgan fingerprint density at radius 3 is 2.62 bits per heavy atom. The van der Waals surface area contributed by atoms with Crippen LogP contribution >= 0.6 is 0 Å². The number of benzene rings is 2. The van der Waals surface area contributed by atoms with Gasteiger partial charge in [0.1, 0.15) is 5.75 Å². The number of nitriles is 1. The summed E-state index contributed by atoms with van der Waals surface area (Å²) in [6.45, 7) is 1.74. The molecule has 2 rings (SSSR count). The Balaban J connectivity index is 2.51. The lowest BCUT2D eigenvalue weighted by atomic mass is 10.1. The third kappa shape index (κ3) is 2.63. The van der Waals surface area contributed by atoms with Crippen LogP contribution in [0.5, 0.6) is 11.5 Å². The number of nitrogen functional groups attached to an aromatic ring is 1. The van der Waals surface area contributed by atoms with Gasteiger partial charge in [0, 0.05) is 6.07 Å². The summed E-state index contributed by atoms with van der Waals surface area (Å²) in [5.74, 6) is -0.488. The standard InChI is InChI=1S/C16H10F2N2O/c1-3-12-14(20)7-13(17)16(15(12)18)21-11-5-4-9(2)10(6-11)8-19/h1,4-7H,20H2,2H3. The van der Waals surface area contributed by atoms with Crippen molar-refractivity contribution in [1.29, 1.82) is 5.26 Å². The molecule has 0 atom stereocenters. The molecule has 0 spiro atoms. The molecule has 0 aliphatic rings. The van der Waals surface area contributed by atoms with E-state index in [1.165, 1.54) is 12.1 Å². The quantitative estimate of drug-likeness (QED) is 0.678. The Labute approximate surface area is 120 Å². The van der Waals surface area contributed by atoms with Gasteiger partial charge in [-0.2, -0.15) is 5.26 Å². The van der Waals surface area contributed by atoms with Crippen molar-refractivity contribution in [2.24, 2.45) is 0 Å². The number of ether oxygens (including phenoxy) is 1. The number of hydrogen-bond donors (Lipinski definition) is 1. The molecule has 0 aliphatic carbocycles. The van der Waals surface area contributed by atoms with Crippen LogP contribution in [-0.2, 0) is 0 Å². The molecule has 0 aliphatic heterocycles. The van der Waals surface area contributed by atoms with Crippen molar-refractivity contribution in [3.05, 3.63) is 52.6 Å². The zero-order valence-corrected chi connectivity index (χ0v) is 11.1. The molecule has 0 aromatic heterocycles. The number of hydrogen-bond acceptors (Lipinski definition) is 3. The van der Waals surface area contributed by atoms with Crippen LogP contribution in [0, 0.1) is 42.2 Å². The van der Waals surface area contributed by atoms with Gasteiger partial charge in [-0.1, -0.05) is 12.0 Å². The normalized spacial score (nSPS) is 9.76. The van der Waals surface area contributed by atoms with E-state index in [-0.39, 0.29) is 17.0 Å². The first-order chi connectivity index (χ1) is 9.97. The number of halogens is 2. The minimum absolute atomic E-state index is 0.127. The zero-order chi connectivity index (χ0) is 15.6. The Bertz CT molecular complexity index is 801. The summed E-state index contributed by atoms with van der Waals surface area (Å²) in [6, 6.07) is 7.36. The van der Waals surface area contributed by atoms with Crippen LogP contribution in [0.2, 0.25) is 0 Å². The van der Waals surface area contributed by atoms with Gasteiger partial charge >= 0.3 is 0 Å². The summed E-state index contributed by atoms with van der Waals surface area (Å²) in [4.78, 5) is 0. The zero-order valence-electron chi connectivity index (χ0n) is 11.1. The van der Waals surface area contributed by atoms with Gasteiger partial charge < -0.3 is 10.5 Å². The van der Waals surface area contributed by atoms with Crippen molar-refractivity contribution in [2.45, 2.75) is 6.92 Å². The van der Waals surface area contributed by atoms with E-state index < -0.39 is 17.4 Å². The molecule has 2 N–H and O–H groups in total. The molecule has 5 heteroatoms. The van der Waals surface area contributed by atoms with Crippen LogP contribution in [0.3, 0.4) is 0 Å². The van der Waals surface area contributed by atoms with Crippen LogP contribution < -0.4 is 10.5 Å². The molecule has 0 saturated heterocycles. The maximum Gasteiger partial charge on any atom is 0.200 e. The van der Waals surface area contributed by atoms with Gasteiger partial charge in [0.25, 0.3) is 0 Å². The lowest BCUT2D eigenvalue weighted by molar-refractivity contribution is 0.407. The van der Waals surface area contributed by atoms with Gasteiger partial charge in [0.05, 0.1) is 22.9 Å². The van der Waals surface area contributed by atoms with E-state index in [0.717, 1.165) is 11.6 Å². The molecule has 0 amide bonds. The van der Waals surface area contributed by atoms with Crippen molar-refractivity contribution >= 4 is 5.69 Å². The van der Waals surface area contributed by atoms with Crippen LogP contribution in [0.4, 0.5) is 14.5 Å². The van der Waals surface area contributed by atoms with Crippen LogP contribution in [0.25, 0.3) is 0 Å². The Kier molecular flexibility index (Phi) is 3.77. The Morgan fingerprint density at radius 1 is 1.29 bits per heavy atom. The first-order valence-electron chi connectivity index (χ1n) is 5.90. The van der Waals surface area contributed by atoms with Gasteiger partial charge in [0.2, 0.25) is 0 Å². The fraction of sp³-hybridized carbons (Fsp3) is 0.0625. The van der Waals surface area contributed by atoms with Gasteiger partial charge in [-0.25, -0.2) is 8.78 Å². The number of terminal acetylenes is 1. The van der Waals surface area contributed by atoms with Gasteiger partial charge in [0.15, 0.2) is 17.4 Å². The van der Waals surface area contributed by atoms with Crippen molar-refractivity contribution in [3.63, 3.8) is 0 Å². The lowest BCUT2D eigenvalue weighted by Gasteiger charge is -2.11. The molecular formula is C16H10F2N2O. The number of aryl methyl sites for hydroxylation is 1. The number of rotatable bonds is 2. The van der Waals surface area contributed by atoms with Crippen molar-refractivity contribution in [2.75, 3.05) is 5.73 Å². The minimum Gasteiger partial charge on any atom is -0.451 e. The van der Waals surface area contributed by atoms with E-state index in [1.54, 1.807) is 13.0 Å². The highest BCUT2D eigenvalue weighted by Gasteiger charge is 2.18. The first-order valence-corrected chi connectivity index (χ1v) is 5.90. The average Bonchev–Trinajstić information content (AvgIpc) is 2.45. The van der Waals surface area contributed by atoms with E-state index in [2.05, 4.69) is 0 Å². The fourth-order valence-electron chi connectivity index (χ4n) is 1.76. The predicted molar refractivity (Wildman–Crippen MR) is 74.7 cm³/mol. The highest BCUT2D eigenvalue weighted by atomic mass is 19.1. The molecule has 0 heterocycles. The Hall–Kier alpha value is -3.05. The Morgan fingerprint density at radius 2 is 2.00 bits per heavy atom. The van der Waals surface area contributed by atoms with Crippen LogP contribution in [0.15, 0.2) is 24.3 Å². The highest BCUT2D eigenvalue weighted by Crippen LogP contribution is 2.33. The van der Waals surface area contributed by atoms with Crippen LogP contribution in [0.1, 0.15) is 16.7 Å². The summed E-state index contributed by atoms with van der Waals surface area (Å²) < 4.78 is 33.1. The third-order valence-electron chi connectivity index (χ3n) is 2.90. The molecule has 0 unspecified atom stereocenters. The highest BCUT2D eigenvalue weighted by molar-refractivity contribution is 5.60. The van der Waals surface area contributed by atoms with E-state index in [9.17, 15) is 8.78 Å². The van der Waals surface area contributed by atoms with E-state index in [1.807, 2.05) is 12.0 Å². The number of anilines is 1. The van der Waals surface area contributed by atoms with E-state index in [0.29, 0.717) is 5.56 Å². The van der Waals surface area contributed by atoms with Crippen LogP contribution in [-0.4, -0.2) is 0 Å². The molecule has 0 saturated carbocycles. The second kappa shape index (κ2) is 5.52. The summed E-state index contributed by atoms with van der Waals surface area (Å²) in [5.41, 5.74) is 6.07. The fourth-order valence-corrected chi connectivity index (χ4v) is 1.76. The maximum atomic E-state index is 14.1. The SMILES string of the molecule is C#Cc1c(N)cc(F)c(Oc2ccc(C)c(C#N)c2)c1F. The molecular weight excluding hydrogens is 274 g/mol. The molecule has 3 nitrogen and oxygen atoms in total. The predicted octanol–water partition coefficient (Wildman–Crippen LogP) is 3.50. The van der Waals surface area contributed by atoms with Gasteiger partial charge in [-0.3, -0.25) is 0 Å². The summed E-state index contributed by atoms with van der Waals surface area (Å²) in [6.07, 6.45) is 5.14. The molecule has 0 bridgehead atoms. The smallest absolute Gasteiger partial charge is 0.200 e. The molecule has 21 heavy (non-hydrogen) atoms. The molecule has 104 valence electrons. The molecule has 0 fully saturated rings. The number of nitrogens with zero attached hydrogens (tertiary/aromatic N) is 1. The summed E-state index contributed by atoms with van der Waals surface area (Å²) in [5, 5.41) is 8.94. The maximum absolute atomic E-state index is 14.1.